The number of aromatic nitrogens is 2. The standard InChI is InChI=1S/C12H20N2O3/c1-8(16-5)6-7-17-12(15)11-9(2)13-14(4)10(11)3/h8H,6-7H2,1-5H3. The molecule has 0 amide bonds. The molecule has 0 aliphatic carbocycles. The van der Waals surface area contributed by atoms with Crippen molar-refractivity contribution in [3.8, 4) is 0 Å². The first-order valence-corrected chi connectivity index (χ1v) is 5.67. The summed E-state index contributed by atoms with van der Waals surface area (Å²) in [7, 11) is 3.45. The highest BCUT2D eigenvalue weighted by molar-refractivity contribution is 5.91. The SMILES string of the molecule is COC(C)CCOC(=O)c1c(C)nn(C)c1C. The van der Waals surface area contributed by atoms with Crippen LogP contribution in [-0.2, 0) is 16.5 Å². The summed E-state index contributed by atoms with van der Waals surface area (Å²) in [6.07, 6.45) is 0.791. The zero-order valence-electron chi connectivity index (χ0n) is 11.1. The lowest BCUT2D eigenvalue weighted by atomic mass is 10.2. The Balaban J connectivity index is 2.58. The smallest absolute Gasteiger partial charge is 0.341 e. The quantitative estimate of drug-likeness (QED) is 0.734. The molecule has 1 aromatic heterocycles. The van der Waals surface area contributed by atoms with Gasteiger partial charge in [-0.1, -0.05) is 0 Å². The Bertz CT molecular complexity index is 399. The van der Waals surface area contributed by atoms with E-state index in [-0.39, 0.29) is 12.1 Å². The predicted octanol–water partition coefficient (Wildman–Crippen LogP) is 1.62. The molecule has 0 spiro atoms. The molecule has 0 radical (unpaired) electrons. The molecule has 0 N–H and O–H groups in total. The second kappa shape index (κ2) is 5.82. The minimum Gasteiger partial charge on any atom is -0.462 e. The van der Waals surface area contributed by atoms with Crippen molar-refractivity contribution in [1.82, 2.24) is 9.78 Å². The van der Waals surface area contributed by atoms with Crippen molar-refractivity contribution >= 4 is 5.97 Å². The molecule has 0 saturated heterocycles. The maximum Gasteiger partial charge on any atom is 0.341 e. The second-order valence-electron chi connectivity index (χ2n) is 4.14. The number of methoxy groups -OCH3 is 1. The largest absolute Gasteiger partial charge is 0.462 e. The van der Waals surface area contributed by atoms with E-state index >= 15 is 0 Å². The lowest BCUT2D eigenvalue weighted by Gasteiger charge is -2.09. The number of hydrogen-bond acceptors (Lipinski definition) is 4. The summed E-state index contributed by atoms with van der Waals surface area (Å²) in [5.74, 6) is -0.309. The van der Waals surface area contributed by atoms with Gasteiger partial charge in [0.25, 0.3) is 0 Å². The molecule has 1 rings (SSSR count). The van der Waals surface area contributed by atoms with Crippen molar-refractivity contribution in [1.29, 1.82) is 0 Å². The Morgan fingerprint density at radius 3 is 2.59 bits per heavy atom. The molecule has 17 heavy (non-hydrogen) atoms. The molecule has 0 aliphatic heterocycles. The lowest BCUT2D eigenvalue weighted by Crippen LogP contribution is -2.13. The van der Waals surface area contributed by atoms with Crippen LogP contribution in [-0.4, -0.2) is 35.6 Å². The van der Waals surface area contributed by atoms with Crippen LogP contribution < -0.4 is 0 Å². The number of ether oxygens (including phenoxy) is 2. The zero-order valence-corrected chi connectivity index (χ0v) is 11.1. The van der Waals surface area contributed by atoms with Gasteiger partial charge in [-0.05, 0) is 20.8 Å². The first-order chi connectivity index (χ1) is 7.97. The van der Waals surface area contributed by atoms with Gasteiger partial charge in [0.15, 0.2) is 0 Å². The van der Waals surface area contributed by atoms with Crippen LogP contribution in [0.3, 0.4) is 0 Å². The van der Waals surface area contributed by atoms with Crippen LogP contribution in [0.2, 0.25) is 0 Å². The molecule has 0 bridgehead atoms. The number of hydrogen-bond donors (Lipinski definition) is 0. The molecule has 0 fully saturated rings. The fourth-order valence-electron chi connectivity index (χ4n) is 1.58. The van der Waals surface area contributed by atoms with E-state index in [9.17, 15) is 4.79 Å². The molecule has 5 heteroatoms. The van der Waals surface area contributed by atoms with E-state index in [0.29, 0.717) is 24.3 Å². The third-order valence-electron chi connectivity index (χ3n) is 2.87. The Morgan fingerprint density at radius 1 is 1.47 bits per heavy atom. The summed E-state index contributed by atoms with van der Waals surface area (Å²) in [6.45, 7) is 5.96. The third-order valence-corrected chi connectivity index (χ3v) is 2.87. The maximum absolute atomic E-state index is 11.9. The van der Waals surface area contributed by atoms with Crippen molar-refractivity contribution in [3.63, 3.8) is 0 Å². The van der Waals surface area contributed by atoms with Crippen LogP contribution in [0.15, 0.2) is 0 Å². The van der Waals surface area contributed by atoms with Gasteiger partial charge < -0.3 is 9.47 Å². The number of aryl methyl sites for hydroxylation is 2. The average molecular weight is 240 g/mol. The minimum atomic E-state index is -0.309. The molecule has 5 nitrogen and oxygen atoms in total. The molecule has 0 saturated carbocycles. The zero-order chi connectivity index (χ0) is 13.0. The molecule has 1 atom stereocenters. The van der Waals surface area contributed by atoms with Gasteiger partial charge in [-0.25, -0.2) is 4.79 Å². The molecule has 1 aromatic rings. The number of esters is 1. The van der Waals surface area contributed by atoms with Crippen molar-refractivity contribution in [3.05, 3.63) is 17.0 Å². The van der Waals surface area contributed by atoms with Gasteiger partial charge in [0, 0.05) is 26.3 Å². The van der Waals surface area contributed by atoms with Crippen molar-refractivity contribution in [2.45, 2.75) is 33.3 Å². The average Bonchev–Trinajstić information content (AvgIpc) is 2.52. The van der Waals surface area contributed by atoms with Gasteiger partial charge >= 0.3 is 5.97 Å². The summed E-state index contributed by atoms with van der Waals surface area (Å²) < 4.78 is 12.0. The fourth-order valence-corrected chi connectivity index (χ4v) is 1.58. The summed E-state index contributed by atoms with van der Waals surface area (Å²) in [5, 5.41) is 4.18. The maximum atomic E-state index is 11.9. The van der Waals surface area contributed by atoms with E-state index in [2.05, 4.69) is 5.10 Å². The van der Waals surface area contributed by atoms with E-state index in [1.54, 1.807) is 18.7 Å². The Kier molecular flexibility index (Phi) is 4.69. The Hall–Kier alpha value is -1.36. The molecule has 96 valence electrons. The van der Waals surface area contributed by atoms with Gasteiger partial charge in [0.05, 0.1) is 18.4 Å². The van der Waals surface area contributed by atoms with Crippen LogP contribution in [0.25, 0.3) is 0 Å². The second-order valence-corrected chi connectivity index (χ2v) is 4.14. The van der Waals surface area contributed by atoms with E-state index in [4.69, 9.17) is 9.47 Å². The van der Waals surface area contributed by atoms with Gasteiger partial charge in [0.1, 0.15) is 5.56 Å². The van der Waals surface area contributed by atoms with Crippen LogP contribution >= 0.6 is 0 Å². The Morgan fingerprint density at radius 2 is 2.12 bits per heavy atom. The molecule has 1 heterocycles. The predicted molar refractivity (Wildman–Crippen MR) is 64.1 cm³/mol. The van der Waals surface area contributed by atoms with Gasteiger partial charge in [-0.2, -0.15) is 5.10 Å². The van der Waals surface area contributed by atoms with E-state index < -0.39 is 0 Å². The van der Waals surface area contributed by atoms with E-state index in [1.807, 2.05) is 20.9 Å². The lowest BCUT2D eigenvalue weighted by molar-refractivity contribution is 0.0389. The van der Waals surface area contributed by atoms with Crippen LogP contribution in [0.5, 0.6) is 0 Å². The van der Waals surface area contributed by atoms with Gasteiger partial charge in [-0.15, -0.1) is 0 Å². The fraction of sp³-hybridized carbons (Fsp3) is 0.667. The summed E-state index contributed by atoms with van der Waals surface area (Å²) in [4.78, 5) is 11.9. The first-order valence-electron chi connectivity index (χ1n) is 5.67. The van der Waals surface area contributed by atoms with Crippen LogP contribution in [0, 0.1) is 13.8 Å². The van der Waals surface area contributed by atoms with Gasteiger partial charge in [-0.3, -0.25) is 4.68 Å². The highest BCUT2D eigenvalue weighted by atomic mass is 16.5. The van der Waals surface area contributed by atoms with Crippen LogP contribution in [0.4, 0.5) is 0 Å². The van der Waals surface area contributed by atoms with Crippen molar-refractivity contribution in [2.24, 2.45) is 7.05 Å². The highest BCUT2D eigenvalue weighted by Crippen LogP contribution is 2.13. The highest BCUT2D eigenvalue weighted by Gasteiger charge is 2.18. The molecule has 0 aromatic carbocycles. The molecule has 1 unspecified atom stereocenters. The van der Waals surface area contributed by atoms with Crippen LogP contribution in [0.1, 0.15) is 35.1 Å². The summed E-state index contributed by atoms with van der Waals surface area (Å²) in [6, 6.07) is 0. The minimum absolute atomic E-state index is 0.0962. The summed E-state index contributed by atoms with van der Waals surface area (Å²) in [5.41, 5.74) is 2.10. The van der Waals surface area contributed by atoms with Crippen molar-refractivity contribution < 1.29 is 14.3 Å². The molecular formula is C12H20N2O3. The van der Waals surface area contributed by atoms with E-state index in [0.717, 1.165) is 5.69 Å². The van der Waals surface area contributed by atoms with E-state index in [1.165, 1.54) is 0 Å². The normalized spacial score (nSPS) is 12.5. The number of carbonyl (C=O) groups excluding carboxylic acids is 1. The first kappa shape index (κ1) is 13.7. The number of carbonyl (C=O) groups is 1. The Labute approximate surface area is 102 Å². The monoisotopic (exact) mass is 240 g/mol. The van der Waals surface area contributed by atoms with Gasteiger partial charge in [0.2, 0.25) is 0 Å². The number of rotatable bonds is 5. The number of nitrogens with zero attached hydrogens (tertiary/aromatic N) is 2. The van der Waals surface area contributed by atoms with Crippen molar-refractivity contribution in [2.75, 3.05) is 13.7 Å². The third kappa shape index (κ3) is 3.30. The molecule has 0 aliphatic rings. The summed E-state index contributed by atoms with van der Waals surface area (Å²) >= 11 is 0. The molecular weight excluding hydrogens is 220 g/mol. The topological polar surface area (TPSA) is 53.4 Å².